The highest BCUT2D eigenvalue weighted by Crippen LogP contribution is 2.27. The first kappa shape index (κ1) is 16.0. The quantitative estimate of drug-likeness (QED) is 0.717. The zero-order valence-electron chi connectivity index (χ0n) is 13.0. The van der Waals surface area contributed by atoms with E-state index in [1.165, 1.54) is 0 Å². The van der Waals surface area contributed by atoms with Crippen LogP contribution in [0.15, 0.2) is 30.5 Å². The van der Waals surface area contributed by atoms with Crippen LogP contribution in [0.3, 0.4) is 0 Å². The van der Waals surface area contributed by atoms with Crippen molar-refractivity contribution in [3.63, 3.8) is 0 Å². The van der Waals surface area contributed by atoms with Crippen LogP contribution in [0.4, 0.5) is 0 Å². The number of H-pyrrole nitrogens is 1. The Morgan fingerprint density at radius 2 is 2.26 bits per heavy atom. The fourth-order valence-electron chi connectivity index (χ4n) is 2.17. The van der Waals surface area contributed by atoms with Crippen molar-refractivity contribution in [3.8, 4) is 0 Å². The van der Waals surface area contributed by atoms with Crippen molar-refractivity contribution >= 4 is 40.0 Å². The van der Waals surface area contributed by atoms with Crippen molar-refractivity contribution in [2.75, 3.05) is 5.75 Å². The number of benzene rings is 1. The highest BCUT2D eigenvalue weighted by atomic mass is 32.2. The summed E-state index contributed by atoms with van der Waals surface area (Å²) in [6, 6.07) is 7.94. The Balaban J connectivity index is 1.49. The van der Waals surface area contributed by atoms with Crippen LogP contribution in [0.5, 0.6) is 0 Å². The van der Waals surface area contributed by atoms with Crippen molar-refractivity contribution in [2.45, 2.75) is 25.6 Å². The second kappa shape index (κ2) is 7.14. The van der Waals surface area contributed by atoms with Crippen LogP contribution in [0.2, 0.25) is 0 Å². The lowest BCUT2D eigenvalue weighted by Crippen LogP contribution is -2.24. The first-order valence-electron chi connectivity index (χ1n) is 7.36. The zero-order chi connectivity index (χ0) is 16.2. The number of carbonyl (C=O) groups excluding carboxylic acids is 1. The molecule has 2 aromatic heterocycles. The third-order valence-corrected chi connectivity index (χ3v) is 5.45. The Labute approximate surface area is 142 Å². The first-order valence-corrected chi connectivity index (χ1v) is 9.22. The van der Waals surface area contributed by atoms with Gasteiger partial charge in [-0.1, -0.05) is 12.1 Å². The van der Waals surface area contributed by atoms with Gasteiger partial charge in [0.15, 0.2) is 0 Å². The van der Waals surface area contributed by atoms with E-state index in [1.807, 2.05) is 37.4 Å². The number of amides is 1. The molecule has 0 unspecified atom stereocenters. The molecule has 0 saturated heterocycles. The zero-order valence-corrected chi connectivity index (χ0v) is 14.6. The Morgan fingerprint density at radius 1 is 1.43 bits per heavy atom. The molecule has 0 saturated carbocycles. The number of hydrogen-bond donors (Lipinski definition) is 2. The van der Waals surface area contributed by atoms with Gasteiger partial charge in [0.05, 0.1) is 33.6 Å². The van der Waals surface area contributed by atoms with Crippen molar-refractivity contribution in [2.24, 2.45) is 0 Å². The van der Waals surface area contributed by atoms with E-state index in [0.717, 1.165) is 26.7 Å². The molecule has 2 N–H and O–H groups in total. The summed E-state index contributed by atoms with van der Waals surface area (Å²) in [5.41, 5.74) is 1.99. The van der Waals surface area contributed by atoms with Crippen molar-refractivity contribution in [1.29, 1.82) is 0 Å². The van der Waals surface area contributed by atoms with Gasteiger partial charge in [-0.15, -0.1) is 23.1 Å². The largest absolute Gasteiger partial charge is 0.350 e. The summed E-state index contributed by atoms with van der Waals surface area (Å²) in [4.78, 5) is 25.1. The molecule has 1 atom stereocenters. The minimum Gasteiger partial charge on any atom is -0.350 e. The molecule has 3 aromatic rings. The molecular weight excluding hydrogens is 328 g/mol. The number of hydrogen-bond acceptors (Lipinski definition) is 5. The van der Waals surface area contributed by atoms with E-state index < -0.39 is 0 Å². The number of carbonyl (C=O) groups is 1. The van der Waals surface area contributed by atoms with Gasteiger partial charge in [-0.2, -0.15) is 0 Å². The number of thioether (sulfide) groups is 1. The van der Waals surface area contributed by atoms with Crippen molar-refractivity contribution in [1.82, 2.24) is 20.3 Å². The van der Waals surface area contributed by atoms with E-state index in [2.05, 4.69) is 27.2 Å². The monoisotopic (exact) mass is 346 g/mol. The average Bonchev–Trinajstić information content (AvgIpc) is 3.16. The summed E-state index contributed by atoms with van der Waals surface area (Å²) in [5.74, 6) is 1.35. The average molecular weight is 346 g/mol. The SMILES string of the molecule is Cc1ncc(CNC(=O)CS[C@@H](C)c2nc3ccccc3[nH]2)s1. The highest BCUT2D eigenvalue weighted by molar-refractivity contribution is 8.00. The molecule has 0 radical (unpaired) electrons. The molecule has 23 heavy (non-hydrogen) atoms. The smallest absolute Gasteiger partial charge is 0.230 e. The van der Waals surface area contributed by atoms with Crippen LogP contribution in [0, 0.1) is 6.92 Å². The van der Waals surface area contributed by atoms with Gasteiger partial charge in [0.1, 0.15) is 5.82 Å². The Kier molecular flexibility index (Phi) is 4.97. The predicted molar refractivity (Wildman–Crippen MR) is 95.7 cm³/mol. The number of para-hydroxylation sites is 2. The van der Waals surface area contributed by atoms with Crippen LogP contribution < -0.4 is 5.32 Å². The summed E-state index contributed by atoms with van der Waals surface area (Å²) in [5, 5.41) is 4.08. The van der Waals surface area contributed by atoms with Crippen molar-refractivity contribution in [3.05, 3.63) is 46.2 Å². The van der Waals surface area contributed by atoms with E-state index in [0.29, 0.717) is 12.3 Å². The predicted octanol–water partition coefficient (Wildman–Crippen LogP) is 3.44. The van der Waals surface area contributed by atoms with E-state index in [4.69, 9.17) is 0 Å². The number of aromatic nitrogens is 3. The van der Waals surface area contributed by atoms with Crippen LogP contribution in [-0.4, -0.2) is 26.6 Å². The molecule has 1 amide bonds. The number of rotatable bonds is 6. The van der Waals surface area contributed by atoms with E-state index in [-0.39, 0.29) is 11.2 Å². The molecule has 0 aliphatic rings. The summed E-state index contributed by atoms with van der Waals surface area (Å²) in [6.45, 7) is 4.56. The van der Waals surface area contributed by atoms with Gasteiger partial charge in [-0.25, -0.2) is 9.97 Å². The molecule has 0 fully saturated rings. The van der Waals surface area contributed by atoms with Gasteiger partial charge in [-0.3, -0.25) is 4.79 Å². The summed E-state index contributed by atoms with van der Waals surface area (Å²) >= 11 is 3.18. The number of imidazole rings is 1. The van der Waals surface area contributed by atoms with E-state index >= 15 is 0 Å². The van der Waals surface area contributed by atoms with E-state index in [1.54, 1.807) is 23.1 Å². The number of thiazole rings is 1. The minimum absolute atomic E-state index is 0.0315. The molecule has 1 aromatic carbocycles. The lowest BCUT2D eigenvalue weighted by atomic mass is 10.3. The summed E-state index contributed by atoms with van der Waals surface area (Å²) in [6.07, 6.45) is 1.81. The van der Waals surface area contributed by atoms with Gasteiger partial charge >= 0.3 is 0 Å². The molecular formula is C16H18N4OS2. The molecule has 3 rings (SSSR count). The Morgan fingerprint density at radius 3 is 3.00 bits per heavy atom. The molecule has 120 valence electrons. The fraction of sp³-hybridized carbons (Fsp3) is 0.312. The lowest BCUT2D eigenvalue weighted by molar-refractivity contribution is -0.118. The van der Waals surface area contributed by atoms with Crippen molar-refractivity contribution < 1.29 is 4.79 Å². The third kappa shape index (κ3) is 4.11. The number of fused-ring (bicyclic) bond motifs is 1. The van der Waals surface area contributed by atoms with Gasteiger partial charge in [-0.05, 0) is 26.0 Å². The molecule has 0 bridgehead atoms. The molecule has 7 heteroatoms. The summed E-state index contributed by atoms with van der Waals surface area (Å²) < 4.78 is 0. The van der Waals surface area contributed by atoms with Crippen LogP contribution in [0.1, 0.15) is 27.9 Å². The maximum absolute atomic E-state index is 12.0. The van der Waals surface area contributed by atoms with E-state index in [9.17, 15) is 4.79 Å². The Bertz CT molecular complexity index is 778. The van der Waals surface area contributed by atoms with Gasteiger partial charge in [0.2, 0.25) is 5.91 Å². The standard InChI is InChI=1S/C16H18N4OS2/c1-10(16-19-13-5-3-4-6-14(13)20-16)22-9-15(21)18-8-12-7-17-11(2)23-12/h3-7,10H,8-9H2,1-2H3,(H,18,21)(H,19,20)/t10-/m0/s1. The number of aryl methyl sites for hydroxylation is 1. The van der Waals surface area contributed by atoms with Crippen LogP contribution in [-0.2, 0) is 11.3 Å². The van der Waals surface area contributed by atoms with Gasteiger partial charge in [0.25, 0.3) is 0 Å². The fourth-order valence-corrected chi connectivity index (χ4v) is 3.68. The normalized spacial score (nSPS) is 12.4. The highest BCUT2D eigenvalue weighted by Gasteiger charge is 2.13. The second-order valence-electron chi connectivity index (χ2n) is 5.21. The molecule has 0 aliphatic carbocycles. The third-order valence-electron chi connectivity index (χ3n) is 3.39. The summed E-state index contributed by atoms with van der Waals surface area (Å²) in [7, 11) is 0. The number of aromatic amines is 1. The van der Waals surface area contributed by atoms with Gasteiger partial charge in [0, 0.05) is 11.1 Å². The molecule has 5 nitrogen and oxygen atoms in total. The molecule has 2 heterocycles. The maximum Gasteiger partial charge on any atom is 0.230 e. The lowest BCUT2D eigenvalue weighted by Gasteiger charge is -2.08. The first-order chi connectivity index (χ1) is 11.1. The molecule has 0 spiro atoms. The number of nitrogens with zero attached hydrogens (tertiary/aromatic N) is 2. The maximum atomic E-state index is 12.0. The molecule has 0 aliphatic heterocycles. The van der Waals surface area contributed by atoms with Crippen LogP contribution >= 0.6 is 23.1 Å². The van der Waals surface area contributed by atoms with Gasteiger partial charge < -0.3 is 10.3 Å². The minimum atomic E-state index is 0.0315. The number of nitrogens with one attached hydrogen (secondary N) is 2. The van der Waals surface area contributed by atoms with Crippen LogP contribution in [0.25, 0.3) is 11.0 Å². The Hall–Kier alpha value is -1.86. The second-order valence-corrected chi connectivity index (χ2v) is 7.86. The topological polar surface area (TPSA) is 70.7 Å².